The summed E-state index contributed by atoms with van der Waals surface area (Å²) < 4.78 is 0. The number of benzene rings is 1. The molecule has 1 N–H and O–H groups in total. The monoisotopic (exact) mass is 284 g/mol. The summed E-state index contributed by atoms with van der Waals surface area (Å²) in [5.74, 6) is 4.80. The first-order valence-corrected chi connectivity index (χ1v) is 7.24. The largest absolute Gasteiger partial charge is 0.341 e. The molecular weight excluding hydrogens is 264 g/mol. The van der Waals surface area contributed by atoms with Crippen molar-refractivity contribution >= 4 is 11.8 Å². The standard InChI is InChI=1S/C17H20N2O2/c1-2-7-16(20)18-15-12-17(21)19(13-15)11-6-10-14-8-4-3-5-9-14/h3-5,8-9,15H,6,10-13H2,1H3,(H,18,20). The predicted molar refractivity (Wildman–Crippen MR) is 81.3 cm³/mol. The summed E-state index contributed by atoms with van der Waals surface area (Å²) in [4.78, 5) is 25.1. The minimum atomic E-state index is -0.304. The summed E-state index contributed by atoms with van der Waals surface area (Å²) in [6, 6.07) is 10.1. The Kier molecular flexibility index (Phi) is 5.39. The van der Waals surface area contributed by atoms with Crippen LogP contribution in [0, 0.1) is 11.8 Å². The van der Waals surface area contributed by atoms with Gasteiger partial charge in [0, 0.05) is 19.5 Å². The number of carbonyl (C=O) groups excluding carboxylic acids is 2. The SMILES string of the molecule is CC#CC(=O)NC1CC(=O)N(CCCc2ccccc2)C1. The van der Waals surface area contributed by atoms with E-state index in [4.69, 9.17) is 0 Å². The zero-order valence-electron chi connectivity index (χ0n) is 12.3. The number of aryl methyl sites for hydroxylation is 1. The first-order chi connectivity index (χ1) is 10.2. The first kappa shape index (κ1) is 15.1. The topological polar surface area (TPSA) is 49.4 Å². The Hall–Kier alpha value is -2.28. The minimum Gasteiger partial charge on any atom is -0.341 e. The van der Waals surface area contributed by atoms with Crippen molar-refractivity contribution < 1.29 is 9.59 Å². The fraction of sp³-hybridized carbons (Fsp3) is 0.412. The number of hydrogen-bond donors (Lipinski definition) is 1. The van der Waals surface area contributed by atoms with Gasteiger partial charge in [0.1, 0.15) is 0 Å². The third-order valence-corrected chi connectivity index (χ3v) is 3.52. The Balaban J connectivity index is 1.75. The van der Waals surface area contributed by atoms with E-state index >= 15 is 0 Å². The molecule has 1 aromatic rings. The van der Waals surface area contributed by atoms with Gasteiger partial charge < -0.3 is 10.2 Å². The Labute approximate surface area is 125 Å². The van der Waals surface area contributed by atoms with E-state index in [1.54, 1.807) is 6.92 Å². The van der Waals surface area contributed by atoms with Gasteiger partial charge in [-0.2, -0.15) is 0 Å². The Bertz CT molecular complexity index is 557. The van der Waals surface area contributed by atoms with Crippen LogP contribution < -0.4 is 5.32 Å². The highest BCUT2D eigenvalue weighted by Crippen LogP contribution is 2.12. The number of nitrogens with one attached hydrogen (secondary N) is 1. The van der Waals surface area contributed by atoms with E-state index in [0.29, 0.717) is 13.0 Å². The van der Waals surface area contributed by atoms with E-state index in [2.05, 4.69) is 29.3 Å². The zero-order valence-corrected chi connectivity index (χ0v) is 12.3. The third kappa shape index (κ3) is 4.64. The van der Waals surface area contributed by atoms with Crippen LogP contribution in [0.4, 0.5) is 0 Å². The average molecular weight is 284 g/mol. The van der Waals surface area contributed by atoms with Gasteiger partial charge in [0.2, 0.25) is 5.91 Å². The van der Waals surface area contributed by atoms with Crippen molar-refractivity contribution in [1.82, 2.24) is 10.2 Å². The molecule has 4 nitrogen and oxygen atoms in total. The smallest absolute Gasteiger partial charge is 0.296 e. The van der Waals surface area contributed by atoms with Crippen molar-refractivity contribution in [2.45, 2.75) is 32.2 Å². The molecule has 1 aliphatic heterocycles. The van der Waals surface area contributed by atoms with Gasteiger partial charge in [-0.1, -0.05) is 36.3 Å². The van der Waals surface area contributed by atoms with Crippen LogP contribution >= 0.6 is 0 Å². The van der Waals surface area contributed by atoms with Gasteiger partial charge in [0.05, 0.1) is 6.04 Å². The summed E-state index contributed by atoms with van der Waals surface area (Å²) in [5.41, 5.74) is 1.28. The molecule has 1 fully saturated rings. The summed E-state index contributed by atoms with van der Waals surface area (Å²) in [5, 5.41) is 2.77. The zero-order chi connectivity index (χ0) is 15.1. The van der Waals surface area contributed by atoms with E-state index in [-0.39, 0.29) is 17.9 Å². The van der Waals surface area contributed by atoms with Crippen molar-refractivity contribution in [3.05, 3.63) is 35.9 Å². The molecule has 2 amide bonds. The molecule has 0 radical (unpaired) electrons. The molecule has 1 aromatic carbocycles. The lowest BCUT2D eigenvalue weighted by Gasteiger charge is -2.16. The molecular formula is C17H20N2O2. The molecule has 0 aromatic heterocycles. The summed E-state index contributed by atoms with van der Waals surface area (Å²) in [7, 11) is 0. The molecule has 110 valence electrons. The number of hydrogen-bond acceptors (Lipinski definition) is 2. The highest BCUT2D eigenvalue weighted by Gasteiger charge is 2.29. The van der Waals surface area contributed by atoms with Crippen molar-refractivity contribution in [3.8, 4) is 11.8 Å². The molecule has 2 rings (SSSR count). The van der Waals surface area contributed by atoms with Crippen LogP contribution in [0.5, 0.6) is 0 Å². The van der Waals surface area contributed by atoms with Crippen LogP contribution in [0.1, 0.15) is 25.3 Å². The molecule has 0 bridgehead atoms. The van der Waals surface area contributed by atoms with Crippen LogP contribution in [-0.4, -0.2) is 35.8 Å². The van der Waals surface area contributed by atoms with Crippen LogP contribution in [-0.2, 0) is 16.0 Å². The van der Waals surface area contributed by atoms with E-state index in [1.165, 1.54) is 5.56 Å². The van der Waals surface area contributed by atoms with Gasteiger partial charge in [0.25, 0.3) is 5.91 Å². The highest BCUT2D eigenvalue weighted by molar-refractivity contribution is 5.94. The quantitative estimate of drug-likeness (QED) is 0.830. The van der Waals surface area contributed by atoms with Crippen molar-refractivity contribution in [2.75, 3.05) is 13.1 Å². The fourth-order valence-electron chi connectivity index (χ4n) is 2.54. The molecule has 1 saturated heterocycles. The van der Waals surface area contributed by atoms with Gasteiger partial charge in [-0.15, -0.1) is 0 Å². The van der Waals surface area contributed by atoms with E-state index in [9.17, 15) is 9.59 Å². The third-order valence-electron chi connectivity index (χ3n) is 3.52. The molecule has 0 aliphatic carbocycles. The van der Waals surface area contributed by atoms with Gasteiger partial charge in [-0.05, 0) is 31.2 Å². The van der Waals surface area contributed by atoms with Crippen molar-refractivity contribution in [1.29, 1.82) is 0 Å². The lowest BCUT2D eigenvalue weighted by atomic mass is 10.1. The number of likely N-dealkylation sites (tertiary alicyclic amines) is 1. The van der Waals surface area contributed by atoms with Gasteiger partial charge in [0.15, 0.2) is 0 Å². The normalized spacial score (nSPS) is 17.3. The van der Waals surface area contributed by atoms with Gasteiger partial charge in [-0.3, -0.25) is 9.59 Å². The van der Waals surface area contributed by atoms with E-state index < -0.39 is 0 Å². The van der Waals surface area contributed by atoms with Crippen molar-refractivity contribution in [3.63, 3.8) is 0 Å². The van der Waals surface area contributed by atoms with E-state index in [1.807, 2.05) is 23.1 Å². The molecule has 1 heterocycles. The second-order valence-electron chi connectivity index (χ2n) is 5.18. The van der Waals surface area contributed by atoms with Gasteiger partial charge >= 0.3 is 0 Å². The molecule has 0 saturated carbocycles. The van der Waals surface area contributed by atoms with Gasteiger partial charge in [-0.25, -0.2) is 0 Å². The van der Waals surface area contributed by atoms with Crippen LogP contribution in [0.3, 0.4) is 0 Å². The van der Waals surface area contributed by atoms with E-state index in [0.717, 1.165) is 19.4 Å². The lowest BCUT2D eigenvalue weighted by molar-refractivity contribution is -0.127. The maximum atomic E-state index is 11.9. The molecule has 4 heteroatoms. The summed E-state index contributed by atoms with van der Waals surface area (Å²) in [6.45, 7) is 2.94. The maximum absolute atomic E-state index is 11.9. The minimum absolute atomic E-state index is 0.109. The summed E-state index contributed by atoms with van der Waals surface area (Å²) >= 11 is 0. The van der Waals surface area contributed by atoms with Crippen molar-refractivity contribution in [2.24, 2.45) is 0 Å². The van der Waals surface area contributed by atoms with Crippen LogP contribution in [0.15, 0.2) is 30.3 Å². The maximum Gasteiger partial charge on any atom is 0.296 e. The highest BCUT2D eigenvalue weighted by atomic mass is 16.2. The van der Waals surface area contributed by atoms with Crippen LogP contribution in [0.25, 0.3) is 0 Å². The molecule has 1 atom stereocenters. The second-order valence-corrected chi connectivity index (χ2v) is 5.18. The van der Waals surface area contributed by atoms with Crippen LogP contribution in [0.2, 0.25) is 0 Å². The summed E-state index contributed by atoms with van der Waals surface area (Å²) in [6.07, 6.45) is 2.27. The molecule has 21 heavy (non-hydrogen) atoms. The number of amides is 2. The Morgan fingerprint density at radius 1 is 1.38 bits per heavy atom. The second kappa shape index (κ2) is 7.49. The Morgan fingerprint density at radius 2 is 2.14 bits per heavy atom. The number of rotatable bonds is 5. The fourth-order valence-corrected chi connectivity index (χ4v) is 2.54. The number of nitrogens with zero attached hydrogens (tertiary/aromatic N) is 1. The predicted octanol–water partition coefficient (Wildman–Crippen LogP) is 1.36. The molecule has 0 spiro atoms. The lowest BCUT2D eigenvalue weighted by Crippen LogP contribution is -2.36. The average Bonchev–Trinajstić information content (AvgIpc) is 2.80. The first-order valence-electron chi connectivity index (χ1n) is 7.24. The molecule has 1 aliphatic rings. The number of carbonyl (C=O) groups is 2. The Morgan fingerprint density at radius 3 is 2.86 bits per heavy atom. The molecule has 1 unspecified atom stereocenters.